The number of fused-ring (bicyclic) bond motifs is 1. The van der Waals surface area contributed by atoms with Crippen LogP contribution in [0.5, 0.6) is 5.75 Å². The molecule has 0 aliphatic rings. The number of rotatable bonds is 12. The molecule has 0 unspecified atom stereocenters. The van der Waals surface area contributed by atoms with Crippen molar-refractivity contribution in [2.75, 3.05) is 13.2 Å². The van der Waals surface area contributed by atoms with Gasteiger partial charge >= 0.3 is 0 Å². The Kier molecular flexibility index (Phi) is 8.34. The number of aryl methyl sites for hydroxylation is 2. The van der Waals surface area contributed by atoms with Crippen LogP contribution in [0.15, 0.2) is 85.5 Å². The van der Waals surface area contributed by atoms with Crippen LogP contribution >= 0.6 is 0 Å². The summed E-state index contributed by atoms with van der Waals surface area (Å²) in [7, 11) is 0. The van der Waals surface area contributed by atoms with Gasteiger partial charge in [0.05, 0.1) is 17.6 Å². The van der Waals surface area contributed by atoms with Crippen molar-refractivity contribution in [3.8, 4) is 5.75 Å². The van der Waals surface area contributed by atoms with Crippen LogP contribution < -0.4 is 10.1 Å². The summed E-state index contributed by atoms with van der Waals surface area (Å²) in [5.74, 6) is 1.87. The highest BCUT2D eigenvalue weighted by molar-refractivity contribution is 5.94. The molecule has 35 heavy (non-hydrogen) atoms. The number of carbonyl (C=O) groups excluding carboxylic acids is 1. The van der Waals surface area contributed by atoms with E-state index in [-0.39, 0.29) is 5.91 Å². The van der Waals surface area contributed by atoms with Crippen molar-refractivity contribution in [1.29, 1.82) is 0 Å². The molecular formula is C30H33N3O2. The Balaban J connectivity index is 1.33. The summed E-state index contributed by atoms with van der Waals surface area (Å²) in [4.78, 5) is 17.3. The standard InChI is InChI=1S/C30H33N3O2/c1-3-10-24-11-4-7-14-28(24)35-22-9-8-21-33-27-13-6-5-12-26(27)32-29(33)19-20-31-30(34)25-17-15-23(2)16-18-25/h3-7,11-18H,1,8-10,19-22H2,2H3,(H,31,34). The Bertz CT molecular complexity index is 1270. The lowest BCUT2D eigenvalue weighted by Gasteiger charge is -2.12. The first-order valence-corrected chi connectivity index (χ1v) is 12.3. The maximum Gasteiger partial charge on any atom is 0.251 e. The van der Waals surface area contributed by atoms with E-state index < -0.39 is 0 Å². The van der Waals surface area contributed by atoms with Gasteiger partial charge in [-0.25, -0.2) is 4.98 Å². The van der Waals surface area contributed by atoms with E-state index in [1.807, 2.05) is 73.7 Å². The van der Waals surface area contributed by atoms with Crippen molar-refractivity contribution in [3.05, 3.63) is 108 Å². The van der Waals surface area contributed by atoms with E-state index in [9.17, 15) is 4.79 Å². The van der Waals surface area contributed by atoms with E-state index in [0.717, 1.165) is 59.5 Å². The number of carbonyl (C=O) groups is 1. The van der Waals surface area contributed by atoms with Crippen molar-refractivity contribution in [1.82, 2.24) is 14.9 Å². The van der Waals surface area contributed by atoms with Crippen LogP contribution in [-0.4, -0.2) is 28.6 Å². The maximum absolute atomic E-state index is 12.5. The van der Waals surface area contributed by atoms with Crippen LogP contribution in [0, 0.1) is 6.92 Å². The highest BCUT2D eigenvalue weighted by Crippen LogP contribution is 2.20. The van der Waals surface area contributed by atoms with Gasteiger partial charge in [-0.15, -0.1) is 6.58 Å². The van der Waals surface area contributed by atoms with Gasteiger partial charge in [-0.2, -0.15) is 0 Å². The lowest BCUT2D eigenvalue weighted by molar-refractivity contribution is 0.0954. The van der Waals surface area contributed by atoms with E-state index in [1.165, 1.54) is 0 Å². The number of hydrogen-bond donors (Lipinski definition) is 1. The van der Waals surface area contributed by atoms with E-state index >= 15 is 0 Å². The topological polar surface area (TPSA) is 56.1 Å². The molecule has 0 spiro atoms. The monoisotopic (exact) mass is 467 g/mol. The van der Waals surface area contributed by atoms with Crippen LogP contribution in [0.25, 0.3) is 11.0 Å². The molecule has 1 heterocycles. The van der Waals surface area contributed by atoms with Gasteiger partial charge in [0.2, 0.25) is 0 Å². The minimum absolute atomic E-state index is 0.0541. The highest BCUT2D eigenvalue weighted by Gasteiger charge is 2.11. The van der Waals surface area contributed by atoms with E-state index in [2.05, 4.69) is 28.6 Å². The van der Waals surface area contributed by atoms with Crippen molar-refractivity contribution in [2.45, 2.75) is 39.2 Å². The highest BCUT2D eigenvalue weighted by atomic mass is 16.5. The molecule has 1 aromatic heterocycles. The van der Waals surface area contributed by atoms with Crippen molar-refractivity contribution in [3.63, 3.8) is 0 Å². The molecule has 180 valence electrons. The van der Waals surface area contributed by atoms with Gasteiger partial charge in [-0.3, -0.25) is 4.79 Å². The van der Waals surface area contributed by atoms with E-state index in [1.54, 1.807) is 0 Å². The number of aromatic nitrogens is 2. The maximum atomic E-state index is 12.5. The van der Waals surface area contributed by atoms with Gasteiger partial charge < -0.3 is 14.6 Å². The predicted octanol–water partition coefficient (Wildman–Crippen LogP) is 5.90. The zero-order valence-corrected chi connectivity index (χ0v) is 20.4. The summed E-state index contributed by atoms with van der Waals surface area (Å²) in [5.41, 5.74) is 5.10. The predicted molar refractivity (Wildman–Crippen MR) is 142 cm³/mol. The van der Waals surface area contributed by atoms with Crippen molar-refractivity contribution < 1.29 is 9.53 Å². The van der Waals surface area contributed by atoms with Crippen molar-refractivity contribution in [2.24, 2.45) is 0 Å². The second kappa shape index (κ2) is 12.0. The number of unbranched alkanes of at least 4 members (excludes halogenated alkanes) is 1. The normalized spacial score (nSPS) is 10.9. The number of allylic oxidation sites excluding steroid dienone is 1. The molecule has 1 N–H and O–H groups in total. The molecule has 3 aromatic carbocycles. The Hall–Kier alpha value is -3.86. The average molecular weight is 468 g/mol. The molecule has 0 atom stereocenters. The first kappa shape index (κ1) is 24.3. The molecule has 0 aliphatic heterocycles. The summed E-state index contributed by atoms with van der Waals surface area (Å²) in [5, 5.41) is 3.03. The summed E-state index contributed by atoms with van der Waals surface area (Å²) < 4.78 is 8.32. The fourth-order valence-corrected chi connectivity index (χ4v) is 4.18. The van der Waals surface area contributed by atoms with Crippen LogP contribution in [0.3, 0.4) is 0 Å². The molecule has 0 saturated carbocycles. The zero-order chi connectivity index (χ0) is 24.5. The van der Waals surface area contributed by atoms with Crippen LogP contribution in [0.2, 0.25) is 0 Å². The Morgan fingerprint density at radius 3 is 2.63 bits per heavy atom. The van der Waals surface area contributed by atoms with Gasteiger partial charge in [0.15, 0.2) is 0 Å². The number of hydrogen-bond acceptors (Lipinski definition) is 3. The van der Waals surface area contributed by atoms with Crippen molar-refractivity contribution >= 4 is 16.9 Å². The van der Waals surface area contributed by atoms with E-state index in [4.69, 9.17) is 9.72 Å². The molecule has 0 bridgehead atoms. The molecule has 4 rings (SSSR count). The molecule has 0 radical (unpaired) electrons. The largest absolute Gasteiger partial charge is 0.493 e. The van der Waals surface area contributed by atoms with E-state index in [0.29, 0.717) is 25.1 Å². The van der Waals surface area contributed by atoms with Gasteiger partial charge in [-0.1, -0.05) is 54.1 Å². The third-order valence-corrected chi connectivity index (χ3v) is 6.05. The Labute approximate surface area is 207 Å². The minimum atomic E-state index is -0.0541. The third-order valence-electron chi connectivity index (χ3n) is 6.05. The van der Waals surface area contributed by atoms with Gasteiger partial charge in [0.25, 0.3) is 5.91 Å². The molecule has 0 saturated heterocycles. The molecule has 0 fully saturated rings. The molecule has 0 aliphatic carbocycles. The fraction of sp³-hybridized carbons (Fsp3) is 0.267. The van der Waals surface area contributed by atoms with Gasteiger partial charge in [0, 0.05) is 25.1 Å². The molecule has 1 amide bonds. The fourth-order valence-electron chi connectivity index (χ4n) is 4.18. The smallest absolute Gasteiger partial charge is 0.251 e. The van der Waals surface area contributed by atoms with Gasteiger partial charge in [-0.05, 0) is 62.1 Å². The number of nitrogens with one attached hydrogen (secondary N) is 1. The van der Waals surface area contributed by atoms with Crippen LogP contribution in [0.4, 0.5) is 0 Å². The van der Waals surface area contributed by atoms with Crippen LogP contribution in [-0.2, 0) is 19.4 Å². The molecular weight excluding hydrogens is 434 g/mol. The zero-order valence-electron chi connectivity index (χ0n) is 20.4. The summed E-state index contributed by atoms with van der Waals surface area (Å²) >= 11 is 0. The van der Waals surface area contributed by atoms with Gasteiger partial charge in [0.1, 0.15) is 11.6 Å². The summed E-state index contributed by atoms with van der Waals surface area (Å²) in [6, 6.07) is 24.0. The third kappa shape index (κ3) is 6.38. The lowest BCUT2D eigenvalue weighted by atomic mass is 10.1. The minimum Gasteiger partial charge on any atom is -0.493 e. The Morgan fingerprint density at radius 2 is 1.80 bits per heavy atom. The lowest BCUT2D eigenvalue weighted by Crippen LogP contribution is -2.26. The first-order valence-electron chi connectivity index (χ1n) is 12.3. The molecule has 5 heteroatoms. The second-order valence-corrected chi connectivity index (χ2v) is 8.70. The summed E-state index contributed by atoms with van der Waals surface area (Å²) in [6.07, 6.45) is 5.31. The number of para-hydroxylation sites is 3. The number of nitrogens with zero attached hydrogens (tertiary/aromatic N) is 2. The van der Waals surface area contributed by atoms with Crippen LogP contribution in [0.1, 0.15) is 40.2 Å². The summed E-state index contributed by atoms with van der Waals surface area (Å²) in [6.45, 7) is 7.92. The molecule has 4 aromatic rings. The first-order chi connectivity index (χ1) is 17.2. The second-order valence-electron chi connectivity index (χ2n) is 8.70. The quantitative estimate of drug-likeness (QED) is 0.208. The number of ether oxygens (including phenoxy) is 1. The number of imidazole rings is 1. The molecule has 5 nitrogen and oxygen atoms in total. The number of amides is 1. The SMILES string of the molecule is C=CCc1ccccc1OCCCCn1c(CCNC(=O)c2ccc(C)cc2)nc2ccccc21. The average Bonchev–Trinajstić information content (AvgIpc) is 3.22. The number of benzene rings is 3. The Morgan fingerprint density at radius 1 is 1.03 bits per heavy atom.